The summed E-state index contributed by atoms with van der Waals surface area (Å²) in [6.45, 7) is 5.55. The lowest BCUT2D eigenvalue weighted by Gasteiger charge is -2.38. The van der Waals surface area contributed by atoms with Crippen LogP contribution in [0.25, 0.3) is 0 Å². The highest BCUT2D eigenvalue weighted by molar-refractivity contribution is 6.07. The number of nitrogens with two attached hydrogens (primary N) is 1. The summed E-state index contributed by atoms with van der Waals surface area (Å²) < 4.78 is 0. The molecule has 1 aromatic carbocycles. The minimum absolute atomic E-state index is 0.225. The molecule has 6 nitrogen and oxygen atoms in total. The van der Waals surface area contributed by atoms with Gasteiger partial charge in [-0.15, -0.1) is 0 Å². The molecule has 4 unspecified atom stereocenters. The highest BCUT2D eigenvalue weighted by Crippen LogP contribution is 2.48. The molecule has 2 fully saturated rings. The summed E-state index contributed by atoms with van der Waals surface area (Å²) in [4.78, 5) is 38.5. The molecule has 3 rings (SSSR count). The van der Waals surface area contributed by atoms with Gasteiger partial charge in [0.2, 0.25) is 11.8 Å². The molecule has 1 aliphatic carbocycles. The summed E-state index contributed by atoms with van der Waals surface area (Å²) in [6.07, 6.45) is 1.93. The van der Waals surface area contributed by atoms with E-state index in [0.717, 1.165) is 16.9 Å². The second-order valence-corrected chi connectivity index (χ2v) is 8.21. The van der Waals surface area contributed by atoms with Gasteiger partial charge in [0.05, 0.1) is 11.8 Å². The van der Waals surface area contributed by atoms with Crippen molar-refractivity contribution in [3.63, 3.8) is 0 Å². The number of hydrogen-bond donors (Lipinski definition) is 2. The van der Waals surface area contributed by atoms with Crippen molar-refractivity contribution in [2.24, 2.45) is 17.8 Å². The number of carboxylic acids is 1. The fraction of sp³-hybridized carbons (Fsp3) is 0.550. The number of likely N-dealkylation sites (tertiary alicyclic amines) is 1. The van der Waals surface area contributed by atoms with Gasteiger partial charge in [-0.1, -0.05) is 32.9 Å². The zero-order valence-corrected chi connectivity index (χ0v) is 15.4. The molecule has 0 spiro atoms. The summed E-state index contributed by atoms with van der Waals surface area (Å²) in [5, 5.41) is 9.52. The van der Waals surface area contributed by atoms with Gasteiger partial charge in [0.1, 0.15) is 6.04 Å². The molecule has 1 aliphatic heterocycles. The predicted octanol–water partition coefficient (Wildman–Crippen LogP) is 2.42. The fourth-order valence-corrected chi connectivity index (χ4v) is 4.54. The minimum Gasteiger partial charge on any atom is -0.480 e. The van der Waals surface area contributed by atoms with Crippen molar-refractivity contribution >= 4 is 23.5 Å². The van der Waals surface area contributed by atoms with E-state index in [-0.39, 0.29) is 23.1 Å². The van der Waals surface area contributed by atoms with E-state index in [1.165, 1.54) is 0 Å². The number of carbonyl (C=O) groups is 3. The van der Waals surface area contributed by atoms with Crippen molar-refractivity contribution in [3.8, 4) is 0 Å². The second-order valence-electron chi connectivity index (χ2n) is 8.21. The third kappa shape index (κ3) is 2.87. The van der Waals surface area contributed by atoms with Crippen LogP contribution in [-0.4, -0.2) is 33.8 Å². The number of carboxylic acid groups (broad SMARTS) is 1. The monoisotopic (exact) mass is 358 g/mol. The zero-order valence-electron chi connectivity index (χ0n) is 15.4. The van der Waals surface area contributed by atoms with E-state index in [2.05, 4.69) is 6.92 Å². The normalized spacial score (nSPS) is 29.8. The molecule has 140 valence electrons. The number of fused-ring (bicyclic) bond motifs is 1. The van der Waals surface area contributed by atoms with Crippen LogP contribution in [0.4, 0.5) is 5.69 Å². The first-order chi connectivity index (χ1) is 12.2. The smallest absolute Gasteiger partial charge is 0.327 e. The Labute approximate surface area is 153 Å². The number of anilines is 1. The molecule has 1 heterocycles. The van der Waals surface area contributed by atoms with E-state index in [4.69, 9.17) is 5.73 Å². The standard InChI is InChI=1S/C20H26N2O4/c1-11(2)16(19(25)26)22-17(23)14-8-9-20(3,10-15(14)18(22)24)12-4-6-13(21)7-5-12/h4-7,11,14-16H,8-10,21H2,1-3H3,(H,25,26). The lowest BCUT2D eigenvalue weighted by molar-refractivity contribution is -0.157. The first-order valence-electron chi connectivity index (χ1n) is 9.11. The van der Waals surface area contributed by atoms with Crippen LogP contribution < -0.4 is 5.73 Å². The number of imide groups is 1. The number of benzene rings is 1. The first-order valence-corrected chi connectivity index (χ1v) is 9.11. The van der Waals surface area contributed by atoms with Crippen LogP contribution >= 0.6 is 0 Å². The Morgan fingerprint density at radius 1 is 1.19 bits per heavy atom. The van der Waals surface area contributed by atoms with Crippen LogP contribution in [0.15, 0.2) is 24.3 Å². The maximum absolute atomic E-state index is 13.0. The van der Waals surface area contributed by atoms with Crippen molar-refractivity contribution in [3.05, 3.63) is 29.8 Å². The molecule has 1 saturated heterocycles. The molecule has 6 heteroatoms. The van der Waals surface area contributed by atoms with Gasteiger partial charge in [-0.3, -0.25) is 14.5 Å². The van der Waals surface area contributed by atoms with Crippen LogP contribution in [0.1, 0.15) is 45.6 Å². The summed E-state index contributed by atoms with van der Waals surface area (Å²) in [7, 11) is 0. The van der Waals surface area contributed by atoms with Gasteiger partial charge in [-0.2, -0.15) is 0 Å². The number of amides is 2. The Bertz CT molecular complexity index is 743. The highest BCUT2D eigenvalue weighted by Gasteiger charge is 2.56. The van der Waals surface area contributed by atoms with Crippen LogP contribution in [0.3, 0.4) is 0 Å². The molecule has 26 heavy (non-hydrogen) atoms. The number of carbonyl (C=O) groups excluding carboxylic acids is 2. The van der Waals surface area contributed by atoms with Crippen molar-refractivity contribution < 1.29 is 19.5 Å². The Hall–Kier alpha value is -2.37. The second kappa shape index (κ2) is 6.41. The van der Waals surface area contributed by atoms with Gasteiger partial charge in [0.15, 0.2) is 0 Å². The number of nitrogen functional groups attached to an aromatic ring is 1. The van der Waals surface area contributed by atoms with E-state index >= 15 is 0 Å². The van der Waals surface area contributed by atoms with Gasteiger partial charge in [-0.25, -0.2) is 4.79 Å². The van der Waals surface area contributed by atoms with Crippen molar-refractivity contribution in [1.29, 1.82) is 0 Å². The van der Waals surface area contributed by atoms with Crippen LogP contribution in [0.5, 0.6) is 0 Å². The molecule has 4 atom stereocenters. The largest absolute Gasteiger partial charge is 0.480 e. The number of nitrogens with zero attached hydrogens (tertiary/aromatic N) is 1. The predicted molar refractivity (Wildman–Crippen MR) is 97.2 cm³/mol. The SMILES string of the molecule is CC(C)C(C(=O)O)N1C(=O)C2CCC(C)(c3ccc(N)cc3)CC2C1=O. The Balaban J connectivity index is 1.90. The molecule has 0 aromatic heterocycles. The third-order valence-electron chi connectivity index (χ3n) is 6.04. The topological polar surface area (TPSA) is 101 Å². The average Bonchev–Trinajstić information content (AvgIpc) is 2.79. The maximum Gasteiger partial charge on any atom is 0.327 e. The van der Waals surface area contributed by atoms with E-state index in [1.54, 1.807) is 13.8 Å². The number of aliphatic carboxylic acids is 1. The Kier molecular flexibility index (Phi) is 4.54. The number of hydrogen-bond acceptors (Lipinski definition) is 4. The third-order valence-corrected chi connectivity index (χ3v) is 6.04. The molecule has 3 N–H and O–H groups in total. The van der Waals surface area contributed by atoms with Gasteiger partial charge in [-0.05, 0) is 48.3 Å². The fourth-order valence-electron chi connectivity index (χ4n) is 4.54. The lowest BCUT2D eigenvalue weighted by Crippen LogP contribution is -2.48. The lowest BCUT2D eigenvalue weighted by atomic mass is 9.64. The molecular formula is C20H26N2O4. The van der Waals surface area contributed by atoms with Crippen molar-refractivity contribution in [2.45, 2.75) is 51.5 Å². The Morgan fingerprint density at radius 3 is 2.31 bits per heavy atom. The summed E-state index contributed by atoms with van der Waals surface area (Å²) >= 11 is 0. The summed E-state index contributed by atoms with van der Waals surface area (Å²) in [5.41, 5.74) is 7.33. The summed E-state index contributed by atoms with van der Waals surface area (Å²) in [5.74, 6) is -2.95. The van der Waals surface area contributed by atoms with E-state index in [0.29, 0.717) is 18.5 Å². The van der Waals surface area contributed by atoms with Crippen LogP contribution in [-0.2, 0) is 19.8 Å². The van der Waals surface area contributed by atoms with E-state index in [1.807, 2.05) is 24.3 Å². The molecule has 1 saturated carbocycles. The molecule has 0 bridgehead atoms. The van der Waals surface area contributed by atoms with Gasteiger partial charge in [0.25, 0.3) is 0 Å². The zero-order chi connectivity index (χ0) is 19.2. The molecule has 1 aromatic rings. The van der Waals surface area contributed by atoms with Crippen molar-refractivity contribution in [2.75, 3.05) is 5.73 Å². The van der Waals surface area contributed by atoms with Crippen LogP contribution in [0.2, 0.25) is 0 Å². The molecule has 2 amide bonds. The summed E-state index contributed by atoms with van der Waals surface area (Å²) in [6, 6.07) is 6.55. The first kappa shape index (κ1) is 18.4. The van der Waals surface area contributed by atoms with E-state index in [9.17, 15) is 19.5 Å². The molecule has 2 aliphatic rings. The van der Waals surface area contributed by atoms with Crippen LogP contribution in [0, 0.1) is 17.8 Å². The molecular weight excluding hydrogens is 332 g/mol. The van der Waals surface area contributed by atoms with Gasteiger partial charge in [0, 0.05) is 5.69 Å². The van der Waals surface area contributed by atoms with Crippen molar-refractivity contribution in [1.82, 2.24) is 4.90 Å². The Morgan fingerprint density at radius 2 is 1.77 bits per heavy atom. The minimum atomic E-state index is -1.12. The quantitative estimate of drug-likeness (QED) is 0.636. The maximum atomic E-state index is 13.0. The van der Waals surface area contributed by atoms with Gasteiger partial charge < -0.3 is 10.8 Å². The molecule has 0 radical (unpaired) electrons. The van der Waals surface area contributed by atoms with E-state index < -0.39 is 23.8 Å². The number of rotatable bonds is 4. The average molecular weight is 358 g/mol. The van der Waals surface area contributed by atoms with Gasteiger partial charge >= 0.3 is 5.97 Å². The highest BCUT2D eigenvalue weighted by atomic mass is 16.4.